The van der Waals surface area contributed by atoms with Gasteiger partial charge in [-0.25, -0.2) is 4.99 Å². The summed E-state index contributed by atoms with van der Waals surface area (Å²) in [7, 11) is 3.51. The molecule has 0 bridgehead atoms. The molecule has 0 spiro atoms. The Bertz CT molecular complexity index is 350. The molecule has 0 atom stereocenters. The second-order valence-electron chi connectivity index (χ2n) is 6.52. The lowest BCUT2D eigenvalue weighted by Crippen LogP contribution is -2.47. The SMILES string of the molecule is CCC1CCC(NC(=NCC(=O)N(C)C)NC(C)C)CC1.I. The number of likely N-dealkylation sites (N-methyl/N-ethyl adjacent to an activating group) is 1. The van der Waals surface area contributed by atoms with Gasteiger partial charge in [-0.2, -0.15) is 0 Å². The van der Waals surface area contributed by atoms with Gasteiger partial charge in [0.05, 0.1) is 0 Å². The van der Waals surface area contributed by atoms with Gasteiger partial charge in [0.2, 0.25) is 5.91 Å². The predicted octanol–water partition coefficient (Wildman–Crippen LogP) is 2.61. The number of hydrogen-bond donors (Lipinski definition) is 2. The topological polar surface area (TPSA) is 56.7 Å². The number of aliphatic imine (C=N–C) groups is 1. The number of carbonyl (C=O) groups is 1. The van der Waals surface area contributed by atoms with E-state index in [1.165, 1.54) is 32.1 Å². The third kappa shape index (κ3) is 8.19. The van der Waals surface area contributed by atoms with Crippen molar-refractivity contribution >= 4 is 35.8 Å². The molecule has 0 aliphatic heterocycles. The molecule has 0 radical (unpaired) electrons. The molecule has 1 amide bonds. The first-order chi connectivity index (χ1) is 9.92. The highest BCUT2D eigenvalue weighted by molar-refractivity contribution is 14.0. The average molecular weight is 424 g/mol. The van der Waals surface area contributed by atoms with E-state index in [1.54, 1.807) is 19.0 Å². The van der Waals surface area contributed by atoms with Crippen LogP contribution in [0.3, 0.4) is 0 Å². The Kier molecular flexibility index (Phi) is 10.8. The van der Waals surface area contributed by atoms with E-state index in [0.717, 1.165) is 11.9 Å². The number of rotatable bonds is 5. The van der Waals surface area contributed by atoms with Crippen LogP contribution in [0.4, 0.5) is 0 Å². The minimum Gasteiger partial charge on any atom is -0.354 e. The molecular formula is C16H33IN4O. The van der Waals surface area contributed by atoms with Crippen LogP contribution >= 0.6 is 24.0 Å². The highest BCUT2D eigenvalue weighted by atomic mass is 127. The maximum Gasteiger partial charge on any atom is 0.243 e. The summed E-state index contributed by atoms with van der Waals surface area (Å²) in [5.74, 6) is 1.67. The largest absolute Gasteiger partial charge is 0.354 e. The summed E-state index contributed by atoms with van der Waals surface area (Å²) in [6.45, 7) is 6.63. The van der Waals surface area contributed by atoms with Crippen LogP contribution < -0.4 is 10.6 Å². The summed E-state index contributed by atoms with van der Waals surface area (Å²) in [4.78, 5) is 17.7. The lowest BCUT2D eigenvalue weighted by atomic mass is 9.84. The highest BCUT2D eigenvalue weighted by Crippen LogP contribution is 2.26. The second kappa shape index (κ2) is 11.1. The molecule has 1 saturated carbocycles. The van der Waals surface area contributed by atoms with Crippen LogP contribution in [0.1, 0.15) is 52.9 Å². The Balaban J connectivity index is 0.00000441. The van der Waals surface area contributed by atoms with Gasteiger partial charge in [-0.05, 0) is 45.4 Å². The van der Waals surface area contributed by atoms with Crippen LogP contribution in [0.5, 0.6) is 0 Å². The minimum absolute atomic E-state index is 0. The van der Waals surface area contributed by atoms with Crippen molar-refractivity contribution in [2.75, 3.05) is 20.6 Å². The number of hydrogen-bond acceptors (Lipinski definition) is 2. The Labute approximate surface area is 152 Å². The van der Waals surface area contributed by atoms with Gasteiger partial charge in [-0.15, -0.1) is 24.0 Å². The van der Waals surface area contributed by atoms with Crippen molar-refractivity contribution in [1.82, 2.24) is 15.5 Å². The normalized spacial score (nSPS) is 22.0. The molecule has 0 unspecified atom stereocenters. The van der Waals surface area contributed by atoms with E-state index < -0.39 is 0 Å². The van der Waals surface area contributed by atoms with Gasteiger partial charge in [0.25, 0.3) is 0 Å². The molecule has 5 nitrogen and oxygen atoms in total. The average Bonchev–Trinajstić information content (AvgIpc) is 2.44. The highest BCUT2D eigenvalue weighted by Gasteiger charge is 2.21. The zero-order valence-electron chi connectivity index (χ0n) is 14.7. The van der Waals surface area contributed by atoms with Crippen molar-refractivity contribution in [2.45, 2.75) is 65.0 Å². The van der Waals surface area contributed by atoms with E-state index in [9.17, 15) is 4.79 Å². The Morgan fingerprint density at radius 2 is 1.82 bits per heavy atom. The van der Waals surface area contributed by atoms with E-state index in [1.807, 2.05) is 0 Å². The number of guanidine groups is 1. The molecule has 0 aromatic carbocycles. The lowest BCUT2D eigenvalue weighted by Gasteiger charge is -2.30. The van der Waals surface area contributed by atoms with Crippen molar-refractivity contribution in [2.24, 2.45) is 10.9 Å². The Morgan fingerprint density at radius 3 is 2.27 bits per heavy atom. The Morgan fingerprint density at radius 1 is 1.23 bits per heavy atom. The number of nitrogens with zero attached hydrogens (tertiary/aromatic N) is 2. The number of amides is 1. The standard InChI is InChI=1S/C16H32N4O.HI/c1-6-13-7-9-14(10-8-13)19-16(18-12(2)3)17-11-15(21)20(4)5;/h12-14H,6-11H2,1-5H3,(H2,17,18,19);1H. The Hall–Kier alpha value is -0.530. The van der Waals surface area contributed by atoms with E-state index in [4.69, 9.17) is 0 Å². The fourth-order valence-electron chi connectivity index (χ4n) is 2.60. The molecule has 1 fully saturated rings. The summed E-state index contributed by atoms with van der Waals surface area (Å²) < 4.78 is 0. The van der Waals surface area contributed by atoms with Crippen molar-refractivity contribution in [3.63, 3.8) is 0 Å². The zero-order chi connectivity index (χ0) is 15.8. The number of halogens is 1. The monoisotopic (exact) mass is 424 g/mol. The second-order valence-corrected chi connectivity index (χ2v) is 6.52. The quantitative estimate of drug-likeness (QED) is 0.405. The van der Waals surface area contributed by atoms with Gasteiger partial charge in [0, 0.05) is 26.2 Å². The summed E-state index contributed by atoms with van der Waals surface area (Å²) in [5, 5.41) is 6.81. The molecule has 1 aliphatic rings. The van der Waals surface area contributed by atoms with Crippen LogP contribution in [0.2, 0.25) is 0 Å². The van der Waals surface area contributed by atoms with Gasteiger partial charge in [0.15, 0.2) is 5.96 Å². The fraction of sp³-hybridized carbons (Fsp3) is 0.875. The first kappa shape index (κ1) is 21.5. The van der Waals surface area contributed by atoms with Crippen LogP contribution in [0.15, 0.2) is 4.99 Å². The van der Waals surface area contributed by atoms with Gasteiger partial charge in [-0.3, -0.25) is 4.79 Å². The van der Waals surface area contributed by atoms with E-state index in [2.05, 4.69) is 36.4 Å². The van der Waals surface area contributed by atoms with Crippen LogP contribution in [0, 0.1) is 5.92 Å². The molecule has 0 aromatic rings. The van der Waals surface area contributed by atoms with E-state index >= 15 is 0 Å². The van der Waals surface area contributed by atoms with Gasteiger partial charge < -0.3 is 15.5 Å². The van der Waals surface area contributed by atoms with E-state index in [0.29, 0.717) is 12.1 Å². The summed E-state index contributed by atoms with van der Waals surface area (Å²) in [5.41, 5.74) is 0. The summed E-state index contributed by atoms with van der Waals surface area (Å²) in [6.07, 6.45) is 6.26. The van der Waals surface area contributed by atoms with Crippen LogP contribution in [0.25, 0.3) is 0 Å². The van der Waals surface area contributed by atoms with Crippen LogP contribution in [-0.2, 0) is 4.79 Å². The molecule has 6 heteroatoms. The summed E-state index contributed by atoms with van der Waals surface area (Å²) >= 11 is 0. The maximum absolute atomic E-state index is 11.7. The first-order valence-corrected chi connectivity index (χ1v) is 8.20. The molecule has 2 N–H and O–H groups in total. The third-order valence-electron chi connectivity index (χ3n) is 4.06. The van der Waals surface area contributed by atoms with Crippen molar-refractivity contribution in [3.8, 4) is 0 Å². The molecule has 0 saturated heterocycles. The van der Waals surface area contributed by atoms with E-state index in [-0.39, 0.29) is 36.4 Å². The number of carbonyl (C=O) groups excluding carboxylic acids is 1. The van der Waals surface area contributed by atoms with Gasteiger partial charge >= 0.3 is 0 Å². The summed E-state index contributed by atoms with van der Waals surface area (Å²) in [6, 6.07) is 0.782. The molecular weight excluding hydrogens is 391 g/mol. The zero-order valence-corrected chi connectivity index (χ0v) is 17.0. The maximum atomic E-state index is 11.7. The fourth-order valence-corrected chi connectivity index (χ4v) is 2.60. The first-order valence-electron chi connectivity index (χ1n) is 8.20. The van der Waals surface area contributed by atoms with Crippen molar-refractivity contribution in [1.29, 1.82) is 0 Å². The minimum atomic E-state index is 0. The predicted molar refractivity (Wildman–Crippen MR) is 104 cm³/mol. The third-order valence-corrected chi connectivity index (χ3v) is 4.06. The van der Waals surface area contributed by atoms with Gasteiger partial charge in [-0.1, -0.05) is 13.3 Å². The number of nitrogens with one attached hydrogen (secondary N) is 2. The molecule has 22 heavy (non-hydrogen) atoms. The van der Waals surface area contributed by atoms with Crippen LogP contribution in [-0.4, -0.2) is 49.5 Å². The van der Waals surface area contributed by atoms with Gasteiger partial charge in [0.1, 0.15) is 6.54 Å². The van der Waals surface area contributed by atoms with Crippen molar-refractivity contribution in [3.05, 3.63) is 0 Å². The molecule has 0 aromatic heterocycles. The van der Waals surface area contributed by atoms with Crippen molar-refractivity contribution < 1.29 is 4.79 Å². The molecule has 1 rings (SSSR count). The smallest absolute Gasteiger partial charge is 0.243 e. The lowest BCUT2D eigenvalue weighted by molar-refractivity contribution is -0.127. The molecule has 130 valence electrons. The molecule has 0 heterocycles. The molecule has 1 aliphatic carbocycles.